The summed E-state index contributed by atoms with van der Waals surface area (Å²) in [7, 11) is 0. The van der Waals surface area contributed by atoms with E-state index in [2.05, 4.69) is 20.9 Å². The zero-order chi connectivity index (χ0) is 10.0. The summed E-state index contributed by atoms with van der Waals surface area (Å²) in [5, 5.41) is 0.422. The molecule has 1 heterocycles. The Bertz CT molecular complexity index is 313. The summed E-state index contributed by atoms with van der Waals surface area (Å²) in [5.41, 5.74) is 1.99. The molecule has 1 aromatic rings. The number of pyridine rings is 1. The number of rotatable bonds is 2. The monoisotopic (exact) mass is 249 g/mol. The lowest BCUT2D eigenvalue weighted by Crippen LogP contribution is -2.01. The molecular formula is C9H10BrF2N. The van der Waals surface area contributed by atoms with Crippen LogP contribution < -0.4 is 0 Å². The van der Waals surface area contributed by atoms with E-state index in [-0.39, 0.29) is 5.69 Å². The predicted octanol–water partition coefficient (Wildman–Crippen LogP) is 3.53. The molecule has 0 spiro atoms. The predicted molar refractivity (Wildman–Crippen MR) is 51.3 cm³/mol. The fraction of sp³-hybridized carbons (Fsp3) is 0.444. The molecule has 1 nitrogen and oxygen atoms in total. The van der Waals surface area contributed by atoms with Crippen molar-refractivity contribution < 1.29 is 8.78 Å². The van der Waals surface area contributed by atoms with Gasteiger partial charge in [0.2, 0.25) is 0 Å². The average molecular weight is 250 g/mol. The number of aryl methyl sites for hydroxylation is 2. The SMILES string of the molecule is Cc1cc(C)c(CBr)c(C(F)F)n1. The van der Waals surface area contributed by atoms with E-state index >= 15 is 0 Å². The highest BCUT2D eigenvalue weighted by Crippen LogP contribution is 2.25. The maximum Gasteiger partial charge on any atom is 0.280 e. The van der Waals surface area contributed by atoms with Gasteiger partial charge in [-0.2, -0.15) is 0 Å². The van der Waals surface area contributed by atoms with Crippen molar-refractivity contribution in [1.82, 2.24) is 4.98 Å². The molecular weight excluding hydrogens is 240 g/mol. The van der Waals surface area contributed by atoms with Crippen molar-refractivity contribution in [3.63, 3.8) is 0 Å². The molecule has 0 amide bonds. The maximum atomic E-state index is 12.5. The van der Waals surface area contributed by atoms with Gasteiger partial charge in [0.15, 0.2) is 0 Å². The minimum absolute atomic E-state index is 0.102. The first-order chi connectivity index (χ1) is 6.06. The second-order valence-electron chi connectivity index (χ2n) is 2.88. The summed E-state index contributed by atoms with van der Waals surface area (Å²) < 4.78 is 25.0. The number of aromatic nitrogens is 1. The van der Waals surface area contributed by atoms with Crippen molar-refractivity contribution in [3.05, 3.63) is 28.6 Å². The first kappa shape index (κ1) is 10.6. The molecule has 0 fully saturated rings. The molecule has 1 aromatic heterocycles. The van der Waals surface area contributed by atoms with E-state index in [0.717, 1.165) is 5.56 Å². The first-order valence-electron chi connectivity index (χ1n) is 3.87. The van der Waals surface area contributed by atoms with Gasteiger partial charge in [-0.05, 0) is 31.0 Å². The molecule has 0 saturated heterocycles. The number of halogens is 3. The van der Waals surface area contributed by atoms with Gasteiger partial charge in [0, 0.05) is 11.0 Å². The molecule has 0 saturated carbocycles. The van der Waals surface area contributed by atoms with Crippen LogP contribution in [0.25, 0.3) is 0 Å². The maximum absolute atomic E-state index is 12.5. The molecule has 13 heavy (non-hydrogen) atoms. The van der Waals surface area contributed by atoms with Crippen LogP contribution in [0.5, 0.6) is 0 Å². The van der Waals surface area contributed by atoms with E-state index in [4.69, 9.17) is 0 Å². The fourth-order valence-electron chi connectivity index (χ4n) is 1.25. The molecule has 0 unspecified atom stereocenters. The number of hydrogen-bond acceptors (Lipinski definition) is 1. The molecule has 0 N–H and O–H groups in total. The van der Waals surface area contributed by atoms with Gasteiger partial charge >= 0.3 is 0 Å². The minimum atomic E-state index is -2.49. The van der Waals surface area contributed by atoms with E-state index in [0.29, 0.717) is 16.6 Å². The van der Waals surface area contributed by atoms with Gasteiger partial charge in [-0.3, -0.25) is 4.98 Å². The van der Waals surface area contributed by atoms with E-state index in [1.165, 1.54) is 0 Å². The zero-order valence-corrected chi connectivity index (χ0v) is 9.03. The molecule has 0 atom stereocenters. The van der Waals surface area contributed by atoms with Gasteiger partial charge < -0.3 is 0 Å². The van der Waals surface area contributed by atoms with E-state index in [1.807, 2.05) is 13.0 Å². The van der Waals surface area contributed by atoms with Crippen molar-refractivity contribution in [2.24, 2.45) is 0 Å². The Morgan fingerprint density at radius 3 is 2.54 bits per heavy atom. The summed E-state index contributed by atoms with van der Waals surface area (Å²) in [6, 6.07) is 1.81. The van der Waals surface area contributed by atoms with Crippen LogP contribution in [0.2, 0.25) is 0 Å². The summed E-state index contributed by atoms with van der Waals surface area (Å²) in [6.45, 7) is 3.54. The van der Waals surface area contributed by atoms with Crippen LogP contribution >= 0.6 is 15.9 Å². The number of hydrogen-bond donors (Lipinski definition) is 0. The van der Waals surface area contributed by atoms with Gasteiger partial charge in [-0.1, -0.05) is 15.9 Å². The summed E-state index contributed by atoms with van der Waals surface area (Å²) in [5.74, 6) is 0. The van der Waals surface area contributed by atoms with Crippen molar-refractivity contribution in [1.29, 1.82) is 0 Å². The molecule has 0 radical (unpaired) electrons. The molecule has 4 heteroatoms. The lowest BCUT2D eigenvalue weighted by atomic mass is 10.1. The highest BCUT2D eigenvalue weighted by atomic mass is 79.9. The van der Waals surface area contributed by atoms with Crippen LogP contribution in [0.1, 0.15) is 28.9 Å². The van der Waals surface area contributed by atoms with E-state index in [9.17, 15) is 8.78 Å². The highest BCUT2D eigenvalue weighted by Gasteiger charge is 2.16. The number of alkyl halides is 3. The second kappa shape index (κ2) is 4.13. The van der Waals surface area contributed by atoms with Gasteiger partial charge in [0.1, 0.15) is 5.69 Å². The van der Waals surface area contributed by atoms with Gasteiger partial charge in [0.05, 0.1) is 0 Å². The van der Waals surface area contributed by atoms with Crippen LogP contribution in [0.15, 0.2) is 6.07 Å². The Balaban J connectivity index is 3.29. The van der Waals surface area contributed by atoms with Crippen LogP contribution in [0.4, 0.5) is 8.78 Å². The van der Waals surface area contributed by atoms with Crippen molar-refractivity contribution in [2.45, 2.75) is 25.6 Å². The molecule has 1 rings (SSSR count). The van der Waals surface area contributed by atoms with E-state index < -0.39 is 6.43 Å². The fourth-order valence-corrected chi connectivity index (χ4v) is 1.98. The standard InChI is InChI=1S/C9H10BrF2N/c1-5-3-6(2)13-8(9(11)12)7(5)4-10/h3,9H,4H2,1-2H3. The Hall–Kier alpha value is -0.510. The Kier molecular flexibility index (Phi) is 3.36. The van der Waals surface area contributed by atoms with Crippen LogP contribution in [0.3, 0.4) is 0 Å². The average Bonchev–Trinajstić information content (AvgIpc) is 2.02. The van der Waals surface area contributed by atoms with Crippen LogP contribution in [-0.4, -0.2) is 4.98 Å². The lowest BCUT2D eigenvalue weighted by Gasteiger charge is -2.09. The first-order valence-corrected chi connectivity index (χ1v) is 4.99. The van der Waals surface area contributed by atoms with Crippen molar-refractivity contribution in [3.8, 4) is 0 Å². The zero-order valence-electron chi connectivity index (χ0n) is 7.44. The lowest BCUT2D eigenvalue weighted by molar-refractivity contribution is 0.145. The van der Waals surface area contributed by atoms with Gasteiger partial charge in [-0.15, -0.1) is 0 Å². The molecule has 0 aliphatic carbocycles. The van der Waals surface area contributed by atoms with Gasteiger partial charge in [-0.25, -0.2) is 8.78 Å². The summed E-state index contributed by atoms with van der Waals surface area (Å²) in [6.07, 6.45) is -2.49. The third kappa shape index (κ3) is 2.24. The molecule has 0 aromatic carbocycles. The Labute approximate surface area is 84.3 Å². The van der Waals surface area contributed by atoms with E-state index in [1.54, 1.807) is 6.92 Å². The topological polar surface area (TPSA) is 12.9 Å². The molecule has 0 aliphatic heterocycles. The Morgan fingerprint density at radius 1 is 1.46 bits per heavy atom. The summed E-state index contributed by atoms with van der Waals surface area (Å²) >= 11 is 3.18. The van der Waals surface area contributed by atoms with Crippen LogP contribution in [0, 0.1) is 13.8 Å². The van der Waals surface area contributed by atoms with Crippen LogP contribution in [-0.2, 0) is 5.33 Å². The van der Waals surface area contributed by atoms with Crippen molar-refractivity contribution in [2.75, 3.05) is 0 Å². The van der Waals surface area contributed by atoms with Gasteiger partial charge in [0.25, 0.3) is 6.43 Å². The Morgan fingerprint density at radius 2 is 2.08 bits per heavy atom. The normalized spacial score (nSPS) is 10.9. The second-order valence-corrected chi connectivity index (χ2v) is 3.44. The molecule has 72 valence electrons. The largest absolute Gasteiger partial charge is 0.280 e. The smallest absolute Gasteiger partial charge is 0.252 e. The third-order valence-electron chi connectivity index (χ3n) is 1.85. The minimum Gasteiger partial charge on any atom is -0.252 e. The third-order valence-corrected chi connectivity index (χ3v) is 2.41. The quantitative estimate of drug-likeness (QED) is 0.731. The number of nitrogens with zero attached hydrogens (tertiary/aromatic N) is 1. The summed E-state index contributed by atoms with van der Waals surface area (Å²) in [4.78, 5) is 3.82. The molecule has 0 bridgehead atoms. The van der Waals surface area contributed by atoms with Crippen molar-refractivity contribution >= 4 is 15.9 Å². The highest BCUT2D eigenvalue weighted by molar-refractivity contribution is 9.08. The molecule has 0 aliphatic rings.